The third-order valence-electron chi connectivity index (χ3n) is 4.11. The van der Waals surface area contributed by atoms with Gasteiger partial charge in [0, 0.05) is 17.8 Å². The van der Waals surface area contributed by atoms with E-state index in [0.717, 1.165) is 17.7 Å². The lowest BCUT2D eigenvalue weighted by atomic mass is 10.1. The molecule has 1 aromatic heterocycles. The molecule has 27 heavy (non-hydrogen) atoms. The highest BCUT2D eigenvalue weighted by atomic mass is 32.2. The molecule has 2 aromatic carbocycles. The quantitative estimate of drug-likeness (QED) is 0.614. The molecule has 0 saturated carbocycles. The number of anilines is 1. The van der Waals surface area contributed by atoms with Crippen LogP contribution in [-0.4, -0.2) is 26.4 Å². The second-order valence-corrected chi connectivity index (χ2v) is 6.89. The number of amides is 1. The Morgan fingerprint density at radius 2 is 1.78 bits per heavy atom. The zero-order chi connectivity index (χ0) is 19.2. The first-order valence-electron chi connectivity index (χ1n) is 8.81. The minimum atomic E-state index is -0.292. The van der Waals surface area contributed by atoms with Crippen molar-refractivity contribution >= 4 is 23.4 Å². The lowest BCUT2D eigenvalue weighted by molar-refractivity contribution is -0.113. The van der Waals surface area contributed by atoms with Crippen molar-refractivity contribution < 1.29 is 9.18 Å². The molecule has 0 spiro atoms. The van der Waals surface area contributed by atoms with E-state index >= 15 is 0 Å². The molecule has 0 atom stereocenters. The van der Waals surface area contributed by atoms with E-state index in [-0.39, 0.29) is 17.5 Å². The number of benzene rings is 2. The number of carbonyl (C=O) groups is 1. The predicted molar refractivity (Wildman–Crippen MR) is 106 cm³/mol. The van der Waals surface area contributed by atoms with E-state index < -0.39 is 0 Å². The zero-order valence-electron chi connectivity index (χ0n) is 15.3. The standard InChI is InChI=1S/C20H21FN4OS/c1-3-14-5-11-17(12-6-14)22-18(26)13-27-20-24-23-19(25(20)4-2)15-7-9-16(21)10-8-15/h5-12H,3-4,13H2,1-2H3,(H,22,26). The highest BCUT2D eigenvalue weighted by Gasteiger charge is 2.14. The summed E-state index contributed by atoms with van der Waals surface area (Å²) in [5.74, 6) is 0.505. The molecule has 0 fully saturated rings. The van der Waals surface area contributed by atoms with Gasteiger partial charge in [0.25, 0.3) is 0 Å². The predicted octanol–water partition coefficient (Wildman–Crippen LogP) is 4.40. The summed E-state index contributed by atoms with van der Waals surface area (Å²) in [7, 11) is 0. The molecule has 0 aliphatic carbocycles. The van der Waals surface area contributed by atoms with E-state index in [2.05, 4.69) is 22.4 Å². The highest BCUT2D eigenvalue weighted by Crippen LogP contribution is 2.24. The van der Waals surface area contributed by atoms with E-state index in [4.69, 9.17) is 0 Å². The molecule has 0 unspecified atom stereocenters. The number of aryl methyl sites for hydroxylation is 1. The van der Waals surface area contributed by atoms with Crippen molar-refractivity contribution in [2.75, 3.05) is 11.1 Å². The number of aromatic nitrogens is 3. The maximum absolute atomic E-state index is 13.1. The van der Waals surface area contributed by atoms with E-state index in [0.29, 0.717) is 17.5 Å². The molecule has 0 bridgehead atoms. The number of halogens is 1. The molecule has 0 saturated heterocycles. The molecule has 5 nitrogen and oxygen atoms in total. The number of nitrogens with zero attached hydrogens (tertiary/aromatic N) is 3. The minimum Gasteiger partial charge on any atom is -0.325 e. The third-order valence-corrected chi connectivity index (χ3v) is 5.08. The van der Waals surface area contributed by atoms with Crippen molar-refractivity contribution in [2.24, 2.45) is 0 Å². The Labute approximate surface area is 162 Å². The lowest BCUT2D eigenvalue weighted by Crippen LogP contribution is -2.14. The average Bonchev–Trinajstić information content (AvgIpc) is 3.10. The number of nitrogens with one attached hydrogen (secondary N) is 1. The fourth-order valence-corrected chi connectivity index (χ4v) is 3.45. The van der Waals surface area contributed by atoms with E-state index in [1.165, 1.54) is 29.5 Å². The maximum atomic E-state index is 13.1. The molecule has 0 aliphatic rings. The fraction of sp³-hybridized carbons (Fsp3) is 0.250. The van der Waals surface area contributed by atoms with Crippen LogP contribution < -0.4 is 5.32 Å². The largest absolute Gasteiger partial charge is 0.325 e. The van der Waals surface area contributed by atoms with Gasteiger partial charge in [-0.2, -0.15) is 0 Å². The normalized spacial score (nSPS) is 10.8. The van der Waals surface area contributed by atoms with Crippen molar-refractivity contribution in [3.63, 3.8) is 0 Å². The van der Waals surface area contributed by atoms with Gasteiger partial charge in [0.15, 0.2) is 11.0 Å². The van der Waals surface area contributed by atoms with Crippen LogP contribution in [-0.2, 0) is 17.8 Å². The molecule has 3 aromatic rings. The number of rotatable bonds is 7. The Hall–Kier alpha value is -2.67. The van der Waals surface area contributed by atoms with Gasteiger partial charge in [-0.25, -0.2) is 4.39 Å². The minimum absolute atomic E-state index is 0.0989. The van der Waals surface area contributed by atoms with E-state index in [1.54, 1.807) is 12.1 Å². The SMILES string of the molecule is CCc1ccc(NC(=O)CSc2nnc(-c3ccc(F)cc3)n2CC)cc1. The Morgan fingerprint density at radius 3 is 2.41 bits per heavy atom. The summed E-state index contributed by atoms with van der Waals surface area (Å²) in [6.07, 6.45) is 0.965. The highest BCUT2D eigenvalue weighted by molar-refractivity contribution is 7.99. The number of carbonyl (C=O) groups excluding carboxylic acids is 1. The van der Waals surface area contributed by atoms with Crippen LogP contribution in [0.1, 0.15) is 19.4 Å². The Kier molecular flexibility index (Phi) is 6.24. The summed E-state index contributed by atoms with van der Waals surface area (Å²) in [6, 6.07) is 14.0. The monoisotopic (exact) mass is 384 g/mol. The second-order valence-electron chi connectivity index (χ2n) is 5.94. The molecular weight excluding hydrogens is 363 g/mol. The summed E-state index contributed by atoms with van der Waals surface area (Å²) < 4.78 is 15.0. The number of hydrogen-bond donors (Lipinski definition) is 1. The molecule has 3 rings (SSSR count). The molecule has 140 valence electrons. The molecule has 7 heteroatoms. The topological polar surface area (TPSA) is 59.8 Å². The summed E-state index contributed by atoms with van der Waals surface area (Å²) in [5, 5.41) is 11.9. The van der Waals surface area contributed by atoms with Crippen molar-refractivity contribution in [1.29, 1.82) is 0 Å². The Morgan fingerprint density at radius 1 is 1.07 bits per heavy atom. The first-order valence-corrected chi connectivity index (χ1v) is 9.80. The van der Waals surface area contributed by atoms with Crippen LogP contribution in [0.15, 0.2) is 53.7 Å². The van der Waals surface area contributed by atoms with Crippen LogP contribution in [0.4, 0.5) is 10.1 Å². The van der Waals surface area contributed by atoms with E-state index in [9.17, 15) is 9.18 Å². The van der Waals surface area contributed by atoms with Gasteiger partial charge < -0.3 is 9.88 Å². The van der Waals surface area contributed by atoms with Gasteiger partial charge in [0.2, 0.25) is 5.91 Å². The molecule has 0 radical (unpaired) electrons. The first kappa shape index (κ1) is 19.1. The van der Waals surface area contributed by atoms with Crippen LogP contribution in [0.25, 0.3) is 11.4 Å². The average molecular weight is 384 g/mol. The van der Waals surface area contributed by atoms with Crippen LogP contribution >= 0.6 is 11.8 Å². The summed E-state index contributed by atoms with van der Waals surface area (Å²) >= 11 is 1.33. The molecule has 1 amide bonds. The van der Waals surface area contributed by atoms with Crippen molar-refractivity contribution in [3.8, 4) is 11.4 Å². The van der Waals surface area contributed by atoms with Crippen LogP contribution in [0, 0.1) is 5.82 Å². The van der Waals surface area contributed by atoms with Crippen molar-refractivity contribution in [3.05, 3.63) is 59.9 Å². The van der Waals surface area contributed by atoms with E-state index in [1.807, 2.05) is 35.8 Å². The van der Waals surface area contributed by atoms with Crippen LogP contribution in [0.2, 0.25) is 0 Å². The van der Waals surface area contributed by atoms with Gasteiger partial charge in [0.05, 0.1) is 5.75 Å². The molecule has 1 heterocycles. The van der Waals surface area contributed by atoms with Gasteiger partial charge in [0.1, 0.15) is 5.82 Å². The Balaban J connectivity index is 1.65. The molecular formula is C20H21FN4OS. The summed E-state index contributed by atoms with van der Waals surface area (Å²) in [5.41, 5.74) is 2.80. The summed E-state index contributed by atoms with van der Waals surface area (Å²) in [6.45, 7) is 4.73. The van der Waals surface area contributed by atoms with Gasteiger partial charge in [-0.15, -0.1) is 10.2 Å². The number of thioether (sulfide) groups is 1. The fourth-order valence-electron chi connectivity index (χ4n) is 2.64. The zero-order valence-corrected chi connectivity index (χ0v) is 16.1. The van der Waals surface area contributed by atoms with Gasteiger partial charge in [-0.1, -0.05) is 30.8 Å². The van der Waals surface area contributed by atoms with Crippen LogP contribution in [0.5, 0.6) is 0 Å². The summed E-state index contributed by atoms with van der Waals surface area (Å²) in [4.78, 5) is 12.2. The van der Waals surface area contributed by atoms with Crippen molar-refractivity contribution in [1.82, 2.24) is 14.8 Å². The third kappa shape index (κ3) is 4.74. The smallest absolute Gasteiger partial charge is 0.234 e. The molecule has 0 aliphatic heterocycles. The second kappa shape index (κ2) is 8.81. The van der Waals surface area contributed by atoms with Crippen molar-refractivity contribution in [2.45, 2.75) is 32.0 Å². The molecule has 1 N–H and O–H groups in total. The van der Waals surface area contributed by atoms with Crippen LogP contribution in [0.3, 0.4) is 0 Å². The lowest BCUT2D eigenvalue weighted by Gasteiger charge is -2.08. The van der Waals surface area contributed by atoms with Gasteiger partial charge >= 0.3 is 0 Å². The van der Waals surface area contributed by atoms with Gasteiger partial charge in [-0.05, 0) is 55.3 Å². The maximum Gasteiger partial charge on any atom is 0.234 e. The number of hydrogen-bond acceptors (Lipinski definition) is 4. The Bertz CT molecular complexity index is 907. The first-order chi connectivity index (χ1) is 13.1. The van der Waals surface area contributed by atoms with Gasteiger partial charge in [-0.3, -0.25) is 4.79 Å².